The van der Waals surface area contributed by atoms with Gasteiger partial charge in [0.2, 0.25) is 10.0 Å². The third-order valence-corrected chi connectivity index (χ3v) is 9.16. The Hall–Kier alpha value is -1.60. The van der Waals surface area contributed by atoms with E-state index in [-0.39, 0.29) is 5.91 Å². The van der Waals surface area contributed by atoms with Gasteiger partial charge < -0.3 is 9.80 Å². The maximum Gasteiger partial charge on any atom is 0.254 e. The number of nitrogens with zero attached hydrogens (tertiary/aromatic N) is 3. The molecule has 170 valence electrons. The summed E-state index contributed by atoms with van der Waals surface area (Å²) >= 11 is 0. The highest BCUT2D eigenvalue weighted by atomic mass is 32.2. The van der Waals surface area contributed by atoms with Crippen molar-refractivity contribution < 1.29 is 13.2 Å². The zero-order chi connectivity index (χ0) is 21.4. The molecule has 0 spiro atoms. The summed E-state index contributed by atoms with van der Waals surface area (Å²) in [7, 11) is -3.62. The van der Waals surface area contributed by atoms with Gasteiger partial charge in [-0.15, -0.1) is 0 Å². The van der Waals surface area contributed by atoms with E-state index in [1.165, 1.54) is 19.3 Å². The summed E-state index contributed by atoms with van der Waals surface area (Å²) in [4.78, 5) is 18.0. The number of sulfonamides is 1. The fourth-order valence-electron chi connectivity index (χ4n) is 5.02. The van der Waals surface area contributed by atoms with Gasteiger partial charge in [-0.05, 0) is 81.9 Å². The Balaban J connectivity index is 1.50. The molecule has 31 heavy (non-hydrogen) atoms. The molecule has 2 saturated heterocycles. The third kappa shape index (κ3) is 4.63. The van der Waals surface area contributed by atoms with Gasteiger partial charge in [0, 0.05) is 44.3 Å². The highest BCUT2D eigenvalue weighted by Crippen LogP contribution is 2.37. The van der Waals surface area contributed by atoms with E-state index in [2.05, 4.69) is 4.90 Å². The van der Waals surface area contributed by atoms with E-state index in [0.717, 1.165) is 70.3 Å². The van der Waals surface area contributed by atoms with Crippen molar-refractivity contribution in [2.75, 3.05) is 37.6 Å². The molecule has 0 radical (unpaired) electrons. The highest BCUT2D eigenvalue weighted by molar-refractivity contribution is 7.89. The molecule has 1 aromatic rings. The van der Waals surface area contributed by atoms with Crippen molar-refractivity contribution >= 4 is 21.6 Å². The van der Waals surface area contributed by atoms with Crippen molar-refractivity contribution in [1.82, 2.24) is 9.21 Å². The smallest absolute Gasteiger partial charge is 0.254 e. The average molecular weight is 446 g/mol. The second-order valence-corrected chi connectivity index (χ2v) is 11.7. The summed E-state index contributed by atoms with van der Waals surface area (Å²) in [5, 5.41) is 0. The molecule has 0 atom stereocenters. The number of benzene rings is 1. The van der Waals surface area contributed by atoms with Crippen LogP contribution in [0.1, 0.15) is 74.6 Å². The van der Waals surface area contributed by atoms with Crippen LogP contribution in [0, 0.1) is 5.92 Å². The molecular formula is C24H35N3O3S. The molecule has 4 aliphatic rings. The molecule has 4 fully saturated rings. The van der Waals surface area contributed by atoms with Crippen molar-refractivity contribution in [3.8, 4) is 0 Å². The van der Waals surface area contributed by atoms with Gasteiger partial charge in [-0.25, -0.2) is 8.42 Å². The zero-order valence-electron chi connectivity index (χ0n) is 18.5. The van der Waals surface area contributed by atoms with Gasteiger partial charge >= 0.3 is 0 Å². The van der Waals surface area contributed by atoms with E-state index in [1.54, 1.807) is 10.4 Å². The number of hydrogen-bond acceptors (Lipinski definition) is 4. The first kappa shape index (κ1) is 21.3. The van der Waals surface area contributed by atoms with Crippen LogP contribution in [0.15, 0.2) is 23.1 Å². The second-order valence-electron chi connectivity index (χ2n) is 9.83. The molecule has 6 nitrogen and oxygen atoms in total. The zero-order valence-corrected chi connectivity index (χ0v) is 19.3. The Kier molecular flexibility index (Phi) is 5.99. The van der Waals surface area contributed by atoms with Gasteiger partial charge in [-0.3, -0.25) is 4.79 Å². The van der Waals surface area contributed by atoms with Crippen molar-refractivity contribution in [3.05, 3.63) is 23.8 Å². The SMILES string of the molecule is O=C(c1ccc(N2CCCCC2)c(S(=O)(=O)N2CCCCC2)c1)N(CC1CC1)C1CC1. The number of anilines is 1. The molecule has 1 aromatic carbocycles. The van der Waals surface area contributed by atoms with Crippen molar-refractivity contribution in [2.45, 2.75) is 75.1 Å². The Bertz CT molecular complexity index is 912. The van der Waals surface area contributed by atoms with E-state index in [9.17, 15) is 13.2 Å². The molecule has 7 heteroatoms. The Labute approximate surface area is 186 Å². The number of piperidine rings is 2. The van der Waals surface area contributed by atoms with E-state index in [4.69, 9.17) is 0 Å². The first-order valence-electron chi connectivity index (χ1n) is 12.2. The van der Waals surface area contributed by atoms with Crippen LogP contribution in [0.4, 0.5) is 5.69 Å². The number of carbonyl (C=O) groups excluding carboxylic acids is 1. The maximum absolute atomic E-state index is 13.7. The van der Waals surface area contributed by atoms with Gasteiger partial charge in [0.1, 0.15) is 4.90 Å². The lowest BCUT2D eigenvalue weighted by atomic mass is 10.1. The van der Waals surface area contributed by atoms with E-state index >= 15 is 0 Å². The van der Waals surface area contributed by atoms with Gasteiger partial charge in [0.15, 0.2) is 0 Å². The molecule has 5 rings (SSSR count). The maximum atomic E-state index is 13.7. The normalized spacial score (nSPS) is 23.0. The van der Waals surface area contributed by atoms with Gasteiger partial charge in [0.25, 0.3) is 5.91 Å². The van der Waals surface area contributed by atoms with Gasteiger partial charge in [0.05, 0.1) is 5.69 Å². The highest BCUT2D eigenvalue weighted by Gasteiger charge is 2.38. The quantitative estimate of drug-likeness (QED) is 0.639. The summed E-state index contributed by atoms with van der Waals surface area (Å²) in [5.74, 6) is 0.642. The second kappa shape index (κ2) is 8.74. The third-order valence-electron chi connectivity index (χ3n) is 7.24. The summed E-state index contributed by atoms with van der Waals surface area (Å²) in [5.41, 5.74) is 1.31. The molecule has 2 heterocycles. The van der Waals surface area contributed by atoms with Crippen LogP contribution in [0.5, 0.6) is 0 Å². The lowest BCUT2D eigenvalue weighted by Gasteiger charge is -2.33. The minimum Gasteiger partial charge on any atom is -0.370 e. The van der Waals surface area contributed by atoms with E-state index in [1.807, 2.05) is 17.0 Å². The molecular weight excluding hydrogens is 410 g/mol. The molecule has 0 bridgehead atoms. The summed E-state index contributed by atoms with van der Waals surface area (Å²) in [6.45, 7) is 3.74. The predicted molar refractivity (Wildman–Crippen MR) is 122 cm³/mol. The van der Waals surface area contributed by atoms with Crippen molar-refractivity contribution in [2.24, 2.45) is 5.92 Å². The van der Waals surface area contributed by atoms with Crippen LogP contribution in [-0.4, -0.2) is 62.3 Å². The Morgan fingerprint density at radius 2 is 1.55 bits per heavy atom. The molecule has 1 amide bonds. The molecule has 2 saturated carbocycles. The standard InChI is InChI=1S/C24H35N3O3S/c28-24(27(21-10-11-21)18-19-7-8-19)20-9-12-22(25-13-3-1-4-14-25)23(17-20)31(29,30)26-15-5-2-6-16-26/h9,12,17,19,21H,1-8,10-11,13-16,18H2. The lowest BCUT2D eigenvalue weighted by Crippen LogP contribution is -2.38. The fraction of sp³-hybridized carbons (Fsp3) is 0.708. The minimum atomic E-state index is -3.62. The van der Waals surface area contributed by atoms with Crippen LogP contribution in [0.25, 0.3) is 0 Å². The van der Waals surface area contributed by atoms with Crippen LogP contribution in [-0.2, 0) is 10.0 Å². The molecule has 0 unspecified atom stereocenters. The summed E-state index contributed by atoms with van der Waals surface area (Å²) in [6, 6.07) is 5.80. The Morgan fingerprint density at radius 3 is 2.16 bits per heavy atom. The molecule has 0 aromatic heterocycles. The first-order chi connectivity index (χ1) is 15.0. The first-order valence-corrected chi connectivity index (χ1v) is 13.7. The number of hydrogen-bond donors (Lipinski definition) is 0. The van der Waals surface area contributed by atoms with Crippen LogP contribution < -0.4 is 4.90 Å². The van der Waals surface area contributed by atoms with Gasteiger partial charge in [-0.2, -0.15) is 4.31 Å². The lowest BCUT2D eigenvalue weighted by molar-refractivity contribution is 0.0734. The molecule has 0 N–H and O–H groups in total. The number of carbonyl (C=O) groups is 1. The van der Waals surface area contributed by atoms with Crippen LogP contribution >= 0.6 is 0 Å². The topological polar surface area (TPSA) is 60.9 Å². The van der Waals surface area contributed by atoms with Crippen LogP contribution in [0.2, 0.25) is 0 Å². The van der Waals surface area contributed by atoms with Gasteiger partial charge in [-0.1, -0.05) is 6.42 Å². The monoisotopic (exact) mass is 445 g/mol. The molecule has 2 aliphatic heterocycles. The number of amides is 1. The number of rotatable bonds is 7. The summed E-state index contributed by atoms with van der Waals surface area (Å²) < 4.78 is 29.0. The minimum absolute atomic E-state index is 0.00897. The average Bonchev–Trinajstić information content (AvgIpc) is 3.72. The van der Waals surface area contributed by atoms with Crippen molar-refractivity contribution in [1.29, 1.82) is 0 Å². The predicted octanol–water partition coefficient (Wildman–Crippen LogP) is 3.87. The Morgan fingerprint density at radius 1 is 0.903 bits per heavy atom. The fourth-order valence-corrected chi connectivity index (χ4v) is 6.78. The van der Waals surface area contributed by atoms with Crippen LogP contribution in [0.3, 0.4) is 0 Å². The molecule has 2 aliphatic carbocycles. The summed E-state index contributed by atoms with van der Waals surface area (Å²) in [6.07, 6.45) is 10.8. The van der Waals surface area contributed by atoms with E-state index < -0.39 is 10.0 Å². The van der Waals surface area contributed by atoms with E-state index in [0.29, 0.717) is 35.5 Å². The van der Waals surface area contributed by atoms with Crippen molar-refractivity contribution in [3.63, 3.8) is 0 Å². The largest absolute Gasteiger partial charge is 0.370 e.